The number of hydrogen-bond donors (Lipinski definition) is 1. The lowest BCUT2D eigenvalue weighted by atomic mass is 10.0. The highest BCUT2D eigenvalue weighted by Gasteiger charge is 2.24. The maximum Gasteiger partial charge on any atom is 0.233 e. The Bertz CT molecular complexity index is 735. The van der Waals surface area contributed by atoms with Gasteiger partial charge in [0.05, 0.1) is 5.75 Å². The fraction of sp³-hybridized carbons (Fsp3) is 0.438. The molecule has 1 atom stereocenters. The first kappa shape index (κ1) is 16.8. The molecule has 1 aliphatic rings. The molecule has 8 heteroatoms. The number of halogens is 1. The van der Waals surface area contributed by atoms with Crippen LogP contribution in [-0.2, 0) is 4.79 Å². The lowest BCUT2D eigenvalue weighted by Gasteiger charge is -2.33. The first-order valence-electron chi connectivity index (χ1n) is 7.95. The zero-order chi connectivity index (χ0) is 17.1. The van der Waals surface area contributed by atoms with Crippen LogP contribution in [0.3, 0.4) is 0 Å². The van der Waals surface area contributed by atoms with E-state index in [9.17, 15) is 9.18 Å². The number of piperidine rings is 1. The number of thioether (sulfide) groups is 1. The molecule has 1 saturated heterocycles. The second-order valence-electron chi connectivity index (χ2n) is 5.91. The molecule has 6 nitrogen and oxygen atoms in total. The first-order valence-corrected chi connectivity index (χ1v) is 8.93. The van der Waals surface area contributed by atoms with Gasteiger partial charge in [0, 0.05) is 18.2 Å². The summed E-state index contributed by atoms with van der Waals surface area (Å²) in [5.41, 5.74) is 0.549. The van der Waals surface area contributed by atoms with Crippen LogP contribution in [0.4, 0.5) is 4.39 Å². The van der Waals surface area contributed by atoms with Gasteiger partial charge in [-0.25, -0.2) is 9.07 Å². The quantitative estimate of drug-likeness (QED) is 0.677. The van der Waals surface area contributed by atoms with Crippen molar-refractivity contribution < 1.29 is 9.18 Å². The van der Waals surface area contributed by atoms with E-state index in [2.05, 4.69) is 17.1 Å². The molecule has 2 aromatic rings. The van der Waals surface area contributed by atoms with Crippen molar-refractivity contribution in [3.05, 3.63) is 30.1 Å². The summed E-state index contributed by atoms with van der Waals surface area (Å²) in [4.78, 5) is 14.3. The van der Waals surface area contributed by atoms with Gasteiger partial charge in [0.2, 0.25) is 11.1 Å². The molecule has 1 amide bonds. The number of amides is 1. The Labute approximate surface area is 144 Å². The van der Waals surface area contributed by atoms with Gasteiger partial charge in [-0.2, -0.15) is 0 Å². The van der Waals surface area contributed by atoms with Crippen molar-refractivity contribution in [3.63, 3.8) is 0 Å². The summed E-state index contributed by atoms with van der Waals surface area (Å²) in [7, 11) is 0. The summed E-state index contributed by atoms with van der Waals surface area (Å²) < 4.78 is 14.6. The van der Waals surface area contributed by atoms with Gasteiger partial charge >= 0.3 is 0 Å². The molecule has 1 aromatic heterocycles. The lowest BCUT2D eigenvalue weighted by Crippen LogP contribution is -2.43. The monoisotopic (exact) mass is 349 g/mol. The van der Waals surface area contributed by atoms with Crippen molar-refractivity contribution in [1.82, 2.24) is 19.8 Å². The largest absolute Gasteiger partial charge is 0.339 e. The van der Waals surface area contributed by atoms with Gasteiger partial charge in [-0.1, -0.05) is 23.9 Å². The standard InChI is InChI=1S/C16H20FN5OS/c1-11-5-2-3-8-21(11)14(23)10-24-16-20-19-15(22(16)18)12-6-4-7-13(17)9-12/h4,6-7,9,11H,2-3,5,8,10,18H2,1H3/t11-/m1/s1. The number of likely N-dealkylation sites (tertiary alicyclic amines) is 1. The van der Waals surface area contributed by atoms with Gasteiger partial charge in [0.25, 0.3) is 0 Å². The smallest absolute Gasteiger partial charge is 0.233 e. The van der Waals surface area contributed by atoms with Gasteiger partial charge in [-0.05, 0) is 38.3 Å². The Morgan fingerprint density at radius 1 is 1.42 bits per heavy atom. The summed E-state index contributed by atoms with van der Waals surface area (Å²) in [6.45, 7) is 2.89. The molecule has 24 heavy (non-hydrogen) atoms. The SMILES string of the molecule is C[C@@H]1CCCCN1C(=O)CSc1nnc(-c2cccc(F)c2)n1N. The van der Waals surface area contributed by atoms with E-state index < -0.39 is 0 Å². The molecule has 1 fully saturated rings. The Morgan fingerprint density at radius 2 is 2.25 bits per heavy atom. The van der Waals surface area contributed by atoms with Crippen LogP contribution in [0.25, 0.3) is 11.4 Å². The number of carbonyl (C=O) groups is 1. The normalized spacial score (nSPS) is 17.9. The number of nitrogens with zero attached hydrogens (tertiary/aromatic N) is 4. The van der Waals surface area contributed by atoms with Crippen LogP contribution in [0, 0.1) is 5.82 Å². The average Bonchev–Trinajstić information content (AvgIpc) is 2.94. The lowest BCUT2D eigenvalue weighted by molar-refractivity contribution is -0.131. The number of carbonyl (C=O) groups excluding carboxylic acids is 1. The van der Waals surface area contributed by atoms with Gasteiger partial charge in [0.1, 0.15) is 5.82 Å². The van der Waals surface area contributed by atoms with Crippen LogP contribution < -0.4 is 5.84 Å². The van der Waals surface area contributed by atoms with Gasteiger partial charge < -0.3 is 10.7 Å². The molecule has 2 N–H and O–H groups in total. The van der Waals surface area contributed by atoms with Crippen molar-refractivity contribution >= 4 is 17.7 Å². The number of nitrogens with two attached hydrogens (primary N) is 1. The van der Waals surface area contributed by atoms with E-state index in [1.54, 1.807) is 12.1 Å². The minimum absolute atomic E-state index is 0.0857. The minimum atomic E-state index is -0.362. The molecule has 0 unspecified atom stereocenters. The van der Waals surface area contributed by atoms with Crippen LogP contribution in [-0.4, -0.2) is 44.0 Å². The third-order valence-electron chi connectivity index (χ3n) is 4.20. The van der Waals surface area contributed by atoms with E-state index in [0.29, 0.717) is 16.5 Å². The maximum absolute atomic E-state index is 13.3. The topological polar surface area (TPSA) is 77.0 Å². The molecule has 1 aromatic carbocycles. The second-order valence-corrected chi connectivity index (χ2v) is 6.85. The molecule has 2 heterocycles. The maximum atomic E-state index is 13.3. The van der Waals surface area contributed by atoms with Crippen molar-refractivity contribution in [2.24, 2.45) is 0 Å². The van der Waals surface area contributed by atoms with E-state index >= 15 is 0 Å². The predicted molar refractivity (Wildman–Crippen MR) is 91.3 cm³/mol. The summed E-state index contributed by atoms with van der Waals surface area (Å²) in [5, 5.41) is 8.46. The molecule has 0 spiro atoms. The Kier molecular flexibility index (Phi) is 5.03. The van der Waals surface area contributed by atoms with Crippen molar-refractivity contribution in [3.8, 4) is 11.4 Å². The van der Waals surface area contributed by atoms with Crippen LogP contribution in [0.2, 0.25) is 0 Å². The fourth-order valence-electron chi connectivity index (χ4n) is 2.88. The van der Waals surface area contributed by atoms with Crippen LogP contribution in [0.15, 0.2) is 29.4 Å². The number of benzene rings is 1. The van der Waals surface area contributed by atoms with Crippen molar-refractivity contribution in [2.45, 2.75) is 37.4 Å². The number of hydrogen-bond acceptors (Lipinski definition) is 5. The van der Waals surface area contributed by atoms with E-state index in [1.807, 2.05) is 4.90 Å². The fourth-order valence-corrected chi connectivity index (χ4v) is 3.62. The number of rotatable bonds is 4. The summed E-state index contributed by atoms with van der Waals surface area (Å²) in [6, 6.07) is 6.29. The predicted octanol–water partition coefficient (Wildman–Crippen LogP) is 2.29. The highest BCUT2D eigenvalue weighted by atomic mass is 32.2. The molecule has 3 rings (SSSR count). The van der Waals surface area contributed by atoms with E-state index in [4.69, 9.17) is 5.84 Å². The molecule has 0 bridgehead atoms. The molecule has 0 saturated carbocycles. The van der Waals surface area contributed by atoms with Gasteiger partial charge in [-0.3, -0.25) is 4.79 Å². The summed E-state index contributed by atoms with van der Waals surface area (Å²) in [5.74, 6) is 6.36. The number of aromatic nitrogens is 3. The van der Waals surface area contributed by atoms with Gasteiger partial charge in [0.15, 0.2) is 5.82 Å². The van der Waals surface area contributed by atoms with Gasteiger partial charge in [-0.15, -0.1) is 10.2 Å². The average molecular weight is 349 g/mol. The highest BCUT2D eigenvalue weighted by Crippen LogP contribution is 2.23. The minimum Gasteiger partial charge on any atom is -0.339 e. The number of nitrogen functional groups attached to an aromatic ring is 1. The molecular weight excluding hydrogens is 329 g/mol. The Hall–Kier alpha value is -2.09. The first-order chi connectivity index (χ1) is 11.6. The molecular formula is C16H20FN5OS. The highest BCUT2D eigenvalue weighted by molar-refractivity contribution is 7.99. The second kappa shape index (κ2) is 7.21. The van der Waals surface area contributed by atoms with Crippen LogP contribution >= 0.6 is 11.8 Å². The Morgan fingerprint density at radius 3 is 3.00 bits per heavy atom. The van der Waals surface area contributed by atoms with E-state index in [-0.39, 0.29) is 23.5 Å². The zero-order valence-electron chi connectivity index (χ0n) is 13.5. The third kappa shape index (κ3) is 3.53. The summed E-state index contributed by atoms with van der Waals surface area (Å²) in [6.07, 6.45) is 3.27. The van der Waals surface area contributed by atoms with Crippen LogP contribution in [0.5, 0.6) is 0 Å². The van der Waals surface area contributed by atoms with E-state index in [1.165, 1.54) is 35.0 Å². The molecule has 1 aliphatic heterocycles. The molecule has 0 radical (unpaired) electrons. The zero-order valence-corrected chi connectivity index (χ0v) is 14.3. The summed E-state index contributed by atoms with van der Waals surface area (Å²) >= 11 is 1.25. The van der Waals surface area contributed by atoms with Crippen molar-refractivity contribution in [2.75, 3.05) is 18.1 Å². The molecule has 0 aliphatic carbocycles. The van der Waals surface area contributed by atoms with Crippen molar-refractivity contribution in [1.29, 1.82) is 0 Å². The van der Waals surface area contributed by atoms with E-state index in [0.717, 1.165) is 19.4 Å². The van der Waals surface area contributed by atoms with Crippen LogP contribution in [0.1, 0.15) is 26.2 Å². The molecule has 128 valence electrons. The Balaban J connectivity index is 1.67. The third-order valence-corrected chi connectivity index (χ3v) is 5.12.